The summed E-state index contributed by atoms with van der Waals surface area (Å²) < 4.78 is 11.3. The summed E-state index contributed by atoms with van der Waals surface area (Å²) in [5, 5.41) is 3.13. The molecule has 2 rings (SSSR count). The topological polar surface area (TPSA) is 68.9 Å². The largest absolute Gasteiger partial charge is 0.495 e. The van der Waals surface area contributed by atoms with E-state index < -0.39 is 0 Å². The first-order chi connectivity index (χ1) is 11.0. The molecule has 1 aromatic carbocycles. The summed E-state index contributed by atoms with van der Waals surface area (Å²) in [6.45, 7) is 7.39. The van der Waals surface area contributed by atoms with Crippen molar-refractivity contribution in [2.75, 3.05) is 19.0 Å². The standard InChI is InChI=1S/C18H29N3O2/c1-5-6-11-23-16-12-15(18(16,2)3)21-17(19)20-13-9-7-8-10-14(13)22-4/h7-10,15-16H,5-6,11-12H2,1-4H3,(H3,19,20,21). The number of hydrogen-bond donors (Lipinski definition) is 2. The molecule has 23 heavy (non-hydrogen) atoms. The average molecular weight is 319 g/mol. The number of rotatable bonds is 7. The lowest BCUT2D eigenvalue weighted by molar-refractivity contribution is -0.107. The number of guanidine groups is 1. The van der Waals surface area contributed by atoms with Gasteiger partial charge in [0.2, 0.25) is 0 Å². The van der Waals surface area contributed by atoms with E-state index in [9.17, 15) is 0 Å². The third-order valence-corrected chi connectivity index (χ3v) is 4.61. The third-order valence-electron chi connectivity index (χ3n) is 4.61. The SMILES string of the molecule is CCCCOC1CC(N=C(N)Nc2ccccc2OC)C1(C)C. The first-order valence-electron chi connectivity index (χ1n) is 8.34. The van der Waals surface area contributed by atoms with Crippen molar-refractivity contribution in [3.05, 3.63) is 24.3 Å². The van der Waals surface area contributed by atoms with Gasteiger partial charge in [-0.05, 0) is 25.0 Å². The van der Waals surface area contributed by atoms with Crippen molar-refractivity contribution >= 4 is 11.6 Å². The Morgan fingerprint density at radius 1 is 1.39 bits per heavy atom. The van der Waals surface area contributed by atoms with Crippen LogP contribution in [0.5, 0.6) is 5.75 Å². The van der Waals surface area contributed by atoms with Crippen molar-refractivity contribution in [3.63, 3.8) is 0 Å². The van der Waals surface area contributed by atoms with Crippen LogP contribution in [0.25, 0.3) is 0 Å². The van der Waals surface area contributed by atoms with E-state index in [1.807, 2.05) is 24.3 Å². The van der Waals surface area contributed by atoms with Gasteiger partial charge in [0.15, 0.2) is 5.96 Å². The van der Waals surface area contributed by atoms with E-state index in [0.717, 1.165) is 37.3 Å². The fourth-order valence-electron chi connectivity index (χ4n) is 2.82. The minimum Gasteiger partial charge on any atom is -0.495 e. The predicted molar refractivity (Wildman–Crippen MR) is 95.1 cm³/mol. The van der Waals surface area contributed by atoms with Crippen LogP contribution in [0.1, 0.15) is 40.0 Å². The molecule has 1 saturated carbocycles. The molecule has 0 saturated heterocycles. The normalized spacial score (nSPS) is 23.2. The maximum Gasteiger partial charge on any atom is 0.193 e. The molecule has 1 aromatic rings. The lowest BCUT2D eigenvalue weighted by Gasteiger charge is -2.49. The van der Waals surface area contributed by atoms with E-state index in [0.29, 0.717) is 5.96 Å². The van der Waals surface area contributed by atoms with Gasteiger partial charge in [0, 0.05) is 12.0 Å². The molecule has 0 heterocycles. The summed E-state index contributed by atoms with van der Waals surface area (Å²) in [6.07, 6.45) is 3.45. The number of hydrogen-bond acceptors (Lipinski definition) is 3. The lowest BCUT2D eigenvalue weighted by atomic mass is 9.65. The summed E-state index contributed by atoms with van der Waals surface area (Å²) in [6, 6.07) is 7.84. The number of nitrogens with two attached hydrogens (primary N) is 1. The molecule has 1 aliphatic rings. The van der Waals surface area contributed by atoms with E-state index >= 15 is 0 Å². The van der Waals surface area contributed by atoms with Gasteiger partial charge in [-0.25, -0.2) is 4.99 Å². The number of benzene rings is 1. The van der Waals surface area contributed by atoms with Crippen LogP contribution in [-0.4, -0.2) is 31.8 Å². The molecule has 5 nitrogen and oxygen atoms in total. The van der Waals surface area contributed by atoms with Crippen LogP contribution in [0.15, 0.2) is 29.3 Å². The van der Waals surface area contributed by atoms with Gasteiger partial charge in [-0.3, -0.25) is 0 Å². The Hall–Kier alpha value is -1.75. The van der Waals surface area contributed by atoms with Crippen LogP contribution in [0.4, 0.5) is 5.69 Å². The van der Waals surface area contributed by atoms with Crippen LogP contribution < -0.4 is 15.8 Å². The second-order valence-corrected chi connectivity index (χ2v) is 6.63. The Morgan fingerprint density at radius 3 is 2.78 bits per heavy atom. The van der Waals surface area contributed by atoms with Gasteiger partial charge in [-0.1, -0.05) is 39.3 Å². The number of nitrogens with one attached hydrogen (secondary N) is 1. The zero-order chi connectivity index (χ0) is 16.9. The van der Waals surface area contributed by atoms with Gasteiger partial charge >= 0.3 is 0 Å². The molecule has 0 aromatic heterocycles. The second kappa shape index (κ2) is 7.68. The van der Waals surface area contributed by atoms with Crippen LogP contribution in [0.2, 0.25) is 0 Å². The molecule has 2 unspecified atom stereocenters. The molecular weight excluding hydrogens is 290 g/mol. The molecule has 5 heteroatoms. The number of methoxy groups -OCH3 is 1. The molecular formula is C18H29N3O2. The van der Waals surface area contributed by atoms with Crippen molar-refractivity contribution in [2.24, 2.45) is 16.1 Å². The Balaban J connectivity index is 1.94. The minimum absolute atomic E-state index is 0.0147. The highest BCUT2D eigenvalue weighted by molar-refractivity contribution is 5.93. The monoisotopic (exact) mass is 319 g/mol. The highest BCUT2D eigenvalue weighted by Gasteiger charge is 2.49. The smallest absolute Gasteiger partial charge is 0.193 e. The molecule has 2 atom stereocenters. The van der Waals surface area contributed by atoms with Crippen molar-refractivity contribution in [2.45, 2.75) is 52.2 Å². The van der Waals surface area contributed by atoms with E-state index in [1.54, 1.807) is 7.11 Å². The van der Waals surface area contributed by atoms with Crippen LogP contribution in [-0.2, 0) is 4.74 Å². The molecule has 1 aliphatic carbocycles. The van der Waals surface area contributed by atoms with E-state index in [2.05, 4.69) is 31.1 Å². The fourth-order valence-corrected chi connectivity index (χ4v) is 2.82. The Kier molecular flexibility index (Phi) is 5.88. The second-order valence-electron chi connectivity index (χ2n) is 6.63. The van der Waals surface area contributed by atoms with Crippen molar-refractivity contribution < 1.29 is 9.47 Å². The zero-order valence-corrected chi connectivity index (χ0v) is 14.6. The molecule has 1 fully saturated rings. The Morgan fingerprint density at radius 2 is 2.13 bits per heavy atom. The Bertz CT molecular complexity index is 543. The summed E-state index contributed by atoms with van der Waals surface area (Å²) in [5.74, 6) is 1.17. The number of anilines is 1. The number of aliphatic imine (C=N–C) groups is 1. The quantitative estimate of drug-likeness (QED) is 0.459. The molecule has 3 N–H and O–H groups in total. The molecule has 0 radical (unpaired) electrons. The fraction of sp³-hybridized carbons (Fsp3) is 0.611. The van der Waals surface area contributed by atoms with Crippen LogP contribution in [0, 0.1) is 5.41 Å². The summed E-state index contributed by atoms with van der Waals surface area (Å²) in [5.41, 5.74) is 6.91. The number of unbranched alkanes of at least 4 members (excludes halogenated alkanes) is 1. The van der Waals surface area contributed by atoms with E-state index in [1.165, 1.54) is 0 Å². The highest BCUT2D eigenvalue weighted by Crippen LogP contribution is 2.45. The first kappa shape index (κ1) is 17.6. The van der Waals surface area contributed by atoms with Crippen molar-refractivity contribution in [3.8, 4) is 5.75 Å². The number of nitrogens with zero attached hydrogens (tertiary/aromatic N) is 1. The molecule has 0 spiro atoms. The summed E-state index contributed by atoms with van der Waals surface area (Å²) in [4.78, 5) is 4.63. The third kappa shape index (κ3) is 4.16. The summed E-state index contributed by atoms with van der Waals surface area (Å²) in [7, 11) is 1.64. The van der Waals surface area contributed by atoms with Crippen molar-refractivity contribution in [1.29, 1.82) is 0 Å². The van der Waals surface area contributed by atoms with Crippen molar-refractivity contribution in [1.82, 2.24) is 0 Å². The molecule has 0 aliphatic heterocycles. The first-order valence-corrected chi connectivity index (χ1v) is 8.34. The number of para-hydroxylation sites is 2. The zero-order valence-electron chi connectivity index (χ0n) is 14.6. The van der Waals surface area contributed by atoms with E-state index in [-0.39, 0.29) is 17.6 Å². The van der Waals surface area contributed by atoms with Gasteiger partial charge in [0.25, 0.3) is 0 Å². The van der Waals surface area contributed by atoms with Gasteiger partial charge < -0.3 is 20.5 Å². The predicted octanol–water partition coefficient (Wildman–Crippen LogP) is 3.41. The minimum atomic E-state index is 0.0147. The summed E-state index contributed by atoms with van der Waals surface area (Å²) >= 11 is 0. The van der Waals surface area contributed by atoms with Gasteiger partial charge in [-0.2, -0.15) is 0 Å². The van der Waals surface area contributed by atoms with Crippen LogP contribution >= 0.6 is 0 Å². The molecule has 0 amide bonds. The lowest BCUT2D eigenvalue weighted by Crippen LogP contribution is -2.54. The van der Waals surface area contributed by atoms with Gasteiger partial charge in [-0.15, -0.1) is 0 Å². The highest BCUT2D eigenvalue weighted by atomic mass is 16.5. The van der Waals surface area contributed by atoms with Gasteiger partial charge in [0.05, 0.1) is 24.9 Å². The molecule has 128 valence electrons. The maximum absolute atomic E-state index is 6.07. The molecule has 0 bridgehead atoms. The number of ether oxygens (including phenoxy) is 2. The van der Waals surface area contributed by atoms with Crippen LogP contribution in [0.3, 0.4) is 0 Å². The average Bonchev–Trinajstić information content (AvgIpc) is 2.54. The van der Waals surface area contributed by atoms with Gasteiger partial charge in [0.1, 0.15) is 5.75 Å². The maximum atomic E-state index is 6.07. The van der Waals surface area contributed by atoms with E-state index in [4.69, 9.17) is 15.2 Å². The Labute approximate surface area is 139 Å².